The maximum atomic E-state index is 12.7. The minimum atomic E-state index is -4.28. The van der Waals surface area contributed by atoms with Crippen LogP contribution in [0.3, 0.4) is 0 Å². The van der Waals surface area contributed by atoms with Crippen molar-refractivity contribution in [3.8, 4) is 0 Å². The summed E-state index contributed by atoms with van der Waals surface area (Å²) >= 11 is 0. The molecule has 5 heteroatoms. The summed E-state index contributed by atoms with van der Waals surface area (Å²) in [4.78, 5) is 0. The zero-order chi connectivity index (χ0) is 14.1. The lowest BCUT2D eigenvalue weighted by molar-refractivity contribution is -0.138. The standard InChI is InChI=1S/C14H20F3NO/c1-19-10-6-2-5-9-18-11-12-7-3-4-8-13(12)14(15,16)17/h3-4,7-8,18H,2,5-6,9-11H2,1H3. The molecule has 1 N–H and O–H groups in total. The van der Waals surface area contributed by atoms with Gasteiger partial charge in [0.2, 0.25) is 0 Å². The molecule has 2 nitrogen and oxygen atoms in total. The fraction of sp³-hybridized carbons (Fsp3) is 0.571. The summed E-state index contributed by atoms with van der Waals surface area (Å²) in [7, 11) is 1.66. The van der Waals surface area contributed by atoms with E-state index in [0.29, 0.717) is 5.56 Å². The highest BCUT2D eigenvalue weighted by molar-refractivity contribution is 5.29. The largest absolute Gasteiger partial charge is 0.416 e. The van der Waals surface area contributed by atoms with Gasteiger partial charge in [-0.05, 0) is 37.4 Å². The summed E-state index contributed by atoms with van der Waals surface area (Å²) in [6.07, 6.45) is -1.34. The second-order valence-corrected chi connectivity index (χ2v) is 4.39. The van der Waals surface area contributed by atoms with Gasteiger partial charge in [-0.1, -0.05) is 18.2 Å². The van der Waals surface area contributed by atoms with Gasteiger partial charge in [0.05, 0.1) is 5.56 Å². The van der Waals surface area contributed by atoms with E-state index in [2.05, 4.69) is 5.32 Å². The van der Waals surface area contributed by atoms with Crippen molar-refractivity contribution in [1.29, 1.82) is 0 Å². The monoisotopic (exact) mass is 275 g/mol. The van der Waals surface area contributed by atoms with E-state index < -0.39 is 11.7 Å². The summed E-state index contributed by atoms with van der Waals surface area (Å²) in [6, 6.07) is 5.68. The Balaban J connectivity index is 2.33. The third-order valence-corrected chi connectivity index (χ3v) is 2.84. The number of rotatable bonds is 8. The molecule has 0 saturated carbocycles. The van der Waals surface area contributed by atoms with E-state index in [-0.39, 0.29) is 6.54 Å². The number of alkyl halides is 3. The summed E-state index contributed by atoms with van der Waals surface area (Å²) in [5.41, 5.74) is -0.256. The third-order valence-electron chi connectivity index (χ3n) is 2.84. The highest BCUT2D eigenvalue weighted by atomic mass is 19.4. The van der Waals surface area contributed by atoms with Crippen LogP contribution in [0.2, 0.25) is 0 Å². The number of ether oxygens (including phenoxy) is 1. The maximum Gasteiger partial charge on any atom is 0.416 e. The number of nitrogens with one attached hydrogen (secondary N) is 1. The SMILES string of the molecule is COCCCCCNCc1ccccc1C(F)(F)F. The third kappa shape index (κ3) is 6.07. The maximum absolute atomic E-state index is 12.7. The van der Waals surface area contributed by atoms with Crippen molar-refractivity contribution < 1.29 is 17.9 Å². The second-order valence-electron chi connectivity index (χ2n) is 4.39. The van der Waals surface area contributed by atoms with Gasteiger partial charge in [-0.15, -0.1) is 0 Å². The van der Waals surface area contributed by atoms with E-state index >= 15 is 0 Å². The van der Waals surface area contributed by atoms with Crippen molar-refractivity contribution in [3.05, 3.63) is 35.4 Å². The predicted octanol–water partition coefficient (Wildman–Crippen LogP) is 3.61. The molecule has 0 aliphatic rings. The molecule has 1 rings (SSSR count). The molecule has 0 bridgehead atoms. The van der Waals surface area contributed by atoms with E-state index in [1.165, 1.54) is 12.1 Å². The van der Waals surface area contributed by atoms with Gasteiger partial charge in [-0.25, -0.2) is 0 Å². The van der Waals surface area contributed by atoms with Gasteiger partial charge < -0.3 is 10.1 Å². The summed E-state index contributed by atoms with van der Waals surface area (Å²) in [5, 5.41) is 3.05. The van der Waals surface area contributed by atoms with E-state index in [0.717, 1.165) is 38.5 Å². The van der Waals surface area contributed by atoms with Crippen molar-refractivity contribution in [2.24, 2.45) is 0 Å². The first-order chi connectivity index (χ1) is 9.05. The van der Waals surface area contributed by atoms with Gasteiger partial charge in [0, 0.05) is 20.3 Å². The van der Waals surface area contributed by atoms with Crippen LogP contribution < -0.4 is 5.32 Å². The molecule has 0 aliphatic carbocycles. The molecular formula is C14H20F3NO. The summed E-state index contributed by atoms with van der Waals surface area (Å²) in [6.45, 7) is 1.70. The van der Waals surface area contributed by atoms with Crippen molar-refractivity contribution in [2.45, 2.75) is 32.0 Å². The Labute approximate surface area is 112 Å². The molecule has 0 fully saturated rings. The van der Waals surface area contributed by atoms with Crippen molar-refractivity contribution in [1.82, 2.24) is 5.32 Å². The molecule has 1 aromatic carbocycles. The van der Waals surface area contributed by atoms with E-state index in [9.17, 15) is 13.2 Å². The molecule has 0 atom stereocenters. The van der Waals surface area contributed by atoms with Crippen LogP contribution in [0.1, 0.15) is 30.4 Å². The summed E-state index contributed by atoms with van der Waals surface area (Å²) < 4.78 is 43.1. The zero-order valence-corrected chi connectivity index (χ0v) is 11.1. The Morgan fingerprint density at radius 3 is 2.53 bits per heavy atom. The average Bonchev–Trinajstić information content (AvgIpc) is 2.37. The lowest BCUT2D eigenvalue weighted by Gasteiger charge is -2.13. The Morgan fingerprint density at radius 1 is 1.11 bits per heavy atom. The number of methoxy groups -OCH3 is 1. The van der Waals surface area contributed by atoms with Crippen LogP contribution in [0.25, 0.3) is 0 Å². The molecule has 0 aliphatic heterocycles. The van der Waals surface area contributed by atoms with Crippen LogP contribution in [0.4, 0.5) is 13.2 Å². The molecule has 0 radical (unpaired) electrons. The topological polar surface area (TPSA) is 21.3 Å². The Hall–Kier alpha value is -1.07. The molecule has 0 unspecified atom stereocenters. The Kier molecular flexibility index (Phi) is 6.87. The van der Waals surface area contributed by atoms with Gasteiger partial charge in [-0.3, -0.25) is 0 Å². The molecule has 19 heavy (non-hydrogen) atoms. The van der Waals surface area contributed by atoms with Crippen molar-refractivity contribution in [3.63, 3.8) is 0 Å². The van der Waals surface area contributed by atoms with Crippen LogP contribution in [-0.4, -0.2) is 20.3 Å². The predicted molar refractivity (Wildman–Crippen MR) is 68.9 cm³/mol. The number of benzene rings is 1. The molecule has 0 saturated heterocycles. The van der Waals surface area contributed by atoms with E-state index in [4.69, 9.17) is 4.74 Å². The number of hydrogen-bond donors (Lipinski definition) is 1. The van der Waals surface area contributed by atoms with Gasteiger partial charge in [0.15, 0.2) is 0 Å². The fourth-order valence-electron chi connectivity index (χ4n) is 1.85. The zero-order valence-electron chi connectivity index (χ0n) is 11.1. The minimum Gasteiger partial charge on any atom is -0.385 e. The highest BCUT2D eigenvalue weighted by Crippen LogP contribution is 2.31. The van der Waals surface area contributed by atoms with Crippen LogP contribution in [0, 0.1) is 0 Å². The lowest BCUT2D eigenvalue weighted by Crippen LogP contribution is -2.18. The van der Waals surface area contributed by atoms with Crippen LogP contribution in [-0.2, 0) is 17.5 Å². The highest BCUT2D eigenvalue weighted by Gasteiger charge is 2.32. The van der Waals surface area contributed by atoms with Gasteiger partial charge in [0.1, 0.15) is 0 Å². The van der Waals surface area contributed by atoms with Crippen molar-refractivity contribution in [2.75, 3.05) is 20.3 Å². The summed E-state index contributed by atoms with van der Waals surface area (Å²) in [5.74, 6) is 0. The quantitative estimate of drug-likeness (QED) is 0.732. The number of unbranched alkanes of at least 4 members (excludes halogenated alkanes) is 2. The smallest absolute Gasteiger partial charge is 0.385 e. The van der Waals surface area contributed by atoms with Gasteiger partial charge >= 0.3 is 6.18 Å². The Bertz CT molecular complexity index is 366. The minimum absolute atomic E-state index is 0.250. The van der Waals surface area contributed by atoms with Crippen LogP contribution in [0.5, 0.6) is 0 Å². The molecular weight excluding hydrogens is 255 g/mol. The normalized spacial score (nSPS) is 11.8. The van der Waals surface area contributed by atoms with Gasteiger partial charge in [-0.2, -0.15) is 13.2 Å². The molecule has 0 spiro atoms. The Morgan fingerprint density at radius 2 is 1.84 bits per heavy atom. The fourth-order valence-corrected chi connectivity index (χ4v) is 1.85. The first kappa shape index (κ1) is 16.0. The lowest BCUT2D eigenvalue weighted by atomic mass is 10.1. The van der Waals surface area contributed by atoms with Crippen LogP contribution in [0.15, 0.2) is 24.3 Å². The van der Waals surface area contributed by atoms with Gasteiger partial charge in [0.25, 0.3) is 0 Å². The second kappa shape index (κ2) is 8.17. The molecule has 0 aromatic heterocycles. The number of halogens is 3. The van der Waals surface area contributed by atoms with E-state index in [1.807, 2.05) is 0 Å². The van der Waals surface area contributed by atoms with Crippen molar-refractivity contribution >= 4 is 0 Å². The molecule has 0 amide bonds. The first-order valence-corrected chi connectivity index (χ1v) is 6.40. The first-order valence-electron chi connectivity index (χ1n) is 6.40. The van der Waals surface area contributed by atoms with Crippen LogP contribution >= 0.6 is 0 Å². The molecule has 1 aromatic rings. The molecule has 0 heterocycles. The molecule has 108 valence electrons. The van der Waals surface area contributed by atoms with E-state index in [1.54, 1.807) is 13.2 Å². The number of hydrogen-bond acceptors (Lipinski definition) is 2. The average molecular weight is 275 g/mol.